The first-order chi connectivity index (χ1) is 12.0. The standard InChI is InChI=1S/C17H25N5O3/c18-14(24)13-7-19-16(21-11-5-17(6-11)8-25-9-17)22-15(13)20-10-2-1-3-12(23)4-10/h7,10-12,23H,1-6,8-9H2,(H2,18,24)(H2,19,20,21,22). The number of carbonyl (C=O) groups excluding carboxylic acids is 1. The van der Waals surface area contributed by atoms with Crippen LogP contribution in [-0.2, 0) is 4.74 Å². The molecule has 3 aliphatic rings. The first-order valence-corrected chi connectivity index (χ1v) is 8.99. The fourth-order valence-corrected chi connectivity index (χ4v) is 4.13. The van der Waals surface area contributed by atoms with Gasteiger partial charge in [-0.15, -0.1) is 0 Å². The van der Waals surface area contributed by atoms with Gasteiger partial charge in [-0.3, -0.25) is 4.79 Å². The number of amides is 1. The van der Waals surface area contributed by atoms with Crippen molar-refractivity contribution >= 4 is 17.7 Å². The van der Waals surface area contributed by atoms with Gasteiger partial charge >= 0.3 is 0 Å². The highest BCUT2D eigenvalue weighted by atomic mass is 16.5. The van der Waals surface area contributed by atoms with Gasteiger partial charge in [-0.2, -0.15) is 4.98 Å². The van der Waals surface area contributed by atoms with Crippen molar-refractivity contribution in [3.8, 4) is 0 Å². The molecule has 0 aromatic carbocycles. The number of hydrogen-bond donors (Lipinski definition) is 4. The van der Waals surface area contributed by atoms with Crippen LogP contribution in [-0.4, -0.2) is 52.4 Å². The number of ether oxygens (including phenoxy) is 1. The van der Waals surface area contributed by atoms with Crippen LogP contribution in [0.5, 0.6) is 0 Å². The number of aliphatic hydroxyl groups is 1. The molecular formula is C17H25N5O3. The molecule has 3 fully saturated rings. The van der Waals surface area contributed by atoms with E-state index in [-0.39, 0.29) is 17.7 Å². The third kappa shape index (κ3) is 3.41. The summed E-state index contributed by atoms with van der Waals surface area (Å²) in [6, 6.07) is 0.427. The number of anilines is 2. The van der Waals surface area contributed by atoms with Crippen LogP contribution >= 0.6 is 0 Å². The highest BCUT2D eigenvalue weighted by molar-refractivity contribution is 5.97. The van der Waals surface area contributed by atoms with E-state index in [9.17, 15) is 9.90 Å². The summed E-state index contributed by atoms with van der Waals surface area (Å²) in [5, 5.41) is 16.5. The van der Waals surface area contributed by atoms with Crippen LogP contribution in [0.2, 0.25) is 0 Å². The molecule has 5 N–H and O–H groups in total. The van der Waals surface area contributed by atoms with Crippen molar-refractivity contribution in [1.82, 2.24) is 9.97 Å². The van der Waals surface area contributed by atoms with Gasteiger partial charge in [0, 0.05) is 23.7 Å². The Morgan fingerprint density at radius 3 is 2.72 bits per heavy atom. The van der Waals surface area contributed by atoms with Crippen LogP contribution in [0.25, 0.3) is 0 Å². The van der Waals surface area contributed by atoms with Gasteiger partial charge in [0.15, 0.2) is 0 Å². The topological polar surface area (TPSA) is 122 Å². The number of rotatable bonds is 5. The third-order valence-electron chi connectivity index (χ3n) is 5.55. The molecular weight excluding hydrogens is 322 g/mol. The van der Waals surface area contributed by atoms with Gasteiger partial charge in [-0.25, -0.2) is 4.98 Å². The fraction of sp³-hybridized carbons (Fsp3) is 0.706. The Kier molecular flexibility index (Phi) is 4.24. The molecule has 1 aromatic rings. The first kappa shape index (κ1) is 16.5. The number of carbonyl (C=O) groups is 1. The molecule has 2 atom stereocenters. The van der Waals surface area contributed by atoms with Crippen molar-refractivity contribution in [2.24, 2.45) is 11.1 Å². The van der Waals surface area contributed by atoms with Crippen LogP contribution in [0.3, 0.4) is 0 Å². The maximum absolute atomic E-state index is 11.7. The first-order valence-electron chi connectivity index (χ1n) is 8.99. The number of aromatic nitrogens is 2. The van der Waals surface area contributed by atoms with Gasteiger partial charge in [0.25, 0.3) is 5.91 Å². The van der Waals surface area contributed by atoms with Crippen molar-refractivity contribution in [1.29, 1.82) is 0 Å². The summed E-state index contributed by atoms with van der Waals surface area (Å²) in [5.41, 5.74) is 6.10. The Morgan fingerprint density at radius 2 is 2.08 bits per heavy atom. The van der Waals surface area contributed by atoms with E-state index in [2.05, 4.69) is 20.6 Å². The highest BCUT2D eigenvalue weighted by Crippen LogP contribution is 2.47. The van der Waals surface area contributed by atoms with Crippen LogP contribution in [0, 0.1) is 5.41 Å². The summed E-state index contributed by atoms with van der Waals surface area (Å²) in [4.78, 5) is 20.4. The molecule has 4 rings (SSSR count). The average Bonchev–Trinajstić information content (AvgIpc) is 2.48. The van der Waals surface area contributed by atoms with Crippen LogP contribution in [0.1, 0.15) is 48.9 Å². The minimum absolute atomic E-state index is 0.0868. The minimum Gasteiger partial charge on any atom is -0.393 e. The zero-order valence-electron chi connectivity index (χ0n) is 14.2. The lowest BCUT2D eigenvalue weighted by atomic mass is 9.64. The van der Waals surface area contributed by atoms with Crippen LogP contribution in [0.4, 0.5) is 11.8 Å². The monoisotopic (exact) mass is 347 g/mol. The van der Waals surface area contributed by atoms with Gasteiger partial charge in [0.1, 0.15) is 5.82 Å². The highest BCUT2D eigenvalue weighted by Gasteiger charge is 2.50. The second-order valence-corrected chi connectivity index (χ2v) is 7.72. The van der Waals surface area contributed by atoms with Crippen LogP contribution < -0.4 is 16.4 Å². The van der Waals surface area contributed by atoms with Gasteiger partial charge in [-0.1, -0.05) is 0 Å². The number of nitrogens with two attached hydrogens (primary N) is 1. The number of nitrogens with one attached hydrogen (secondary N) is 2. The molecule has 1 spiro atoms. The normalized spacial score (nSPS) is 28.0. The molecule has 0 radical (unpaired) electrons. The van der Waals surface area contributed by atoms with E-state index in [1.54, 1.807) is 0 Å². The van der Waals surface area contributed by atoms with E-state index >= 15 is 0 Å². The zero-order valence-corrected chi connectivity index (χ0v) is 14.2. The SMILES string of the molecule is NC(=O)c1cnc(NC2CC3(COC3)C2)nc1NC1CCCC(O)C1. The molecule has 25 heavy (non-hydrogen) atoms. The van der Waals surface area contributed by atoms with E-state index in [1.165, 1.54) is 6.20 Å². The van der Waals surface area contributed by atoms with E-state index in [0.717, 1.165) is 45.3 Å². The zero-order chi connectivity index (χ0) is 17.4. The van der Waals surface area contributed by atoms with Gasteiger partial charge in [0.2, 0.25) is 5.95 Å². The molecule has 8 heteroatoms. The molecule has 2 aliphatic carbocycles. The molecule has 1 amide bonds. The predicted octanol–water partition coefficient (Wildman–Crippen LogP) is 0.882. The summed E-state index contributed by atoms with van der Waals surface area (Å²) >= 11 is 0. The number of primary amides is 1. The molecule has 136 valence electrons. The summed E-state index contributed by atoms with van der Waals surface area (Å²) in [5.74, 6) is 0.397. The molecule has 1 aliphatic heterocycles. The largest absolute Gasteiger partial charge is 0.393 e. The van der Waals surface area contributed by atoms with Gasteiger partial charge in [0.05, 0.1) is 24.9 Å². The third-order valence-corrected chi connectivity index (χ3v) is 5.55. The Hall–Kier alpha value is -1.93. The average molecular weight is 347 g/mol. The molecule has 1 saturated heterocycles. The molecule has 0 bridgehead atoms. The van der Waals surface area contributed by atoms with E-state index in [1.807, 2.05) is 0 Å². The molecule has 2 heterocycles. The lowest BCUT2D eigenvalue weighted by molar-refractivity contribution is -0.160. The number of nitrogens with zero attached hydrogens (tertiary/aromatic N) is 2. The Morgan fingerprint density at radius 1 is 1.28 bits per heavy atom. The number of aliphatic hydroxyl groups excluding tert-OH is 1. The maximum Gasteiger partial charge on any atom is 0.254 e. The summed E-state index contributed by atoms with van der Waals surface area (Å²) < 4.78 is 5.29. The van der Waals surface area contributed by atoms with Crippen molar-refractivity contribution < 1.29 is 14.6 Å². The van der Waals surface area contributed by atoms with Gasteiger partial charge < -0.3 is 26.2 Å². The summed E-state index contributed by atoms with van der Waals surface area (Å²) in [6.07, 6.45) is 6.65. The second-order valence-electron chi connectivity index (χ2n) is 7.72. The van der Waals surface area contributed by atoms with Crippen molar-refractivity contribution in [2.75, 3.05) is 23.8 Å². The minimum atomic E-state index is -0.556. The Bertz CT molecular complexity index is 656. The molecule has 1 aromatic heterocycles. The summed E-state index contributed by atoms with van der Waals surface area (Å²) in [6.45, 7) is 1.70. The van der Waals surface area contributed by atoms with Crippen molar-refractivity contribution in [3.63, 3.8) is 0 Å². The maximum atomic E-state index is 11.7. The quantitative estimate of drug-likeness (QED) is 0.623. The molecule has 8 nitrogen and oxygen atoms in total. The molecule has 2 unspecified atom stereocenters. The molecule has 2 saturated carbocycles. The fourth-order valence-electron chi connectivity index (χ4n) is 4.13. The van der Waals surface area contributed by atoms with E-state index in [0.29, 0.717) is 29.6 Å². The second kappa shape index (κ2) is 6.42. The lowest BCUT2D eigenvalue weighted by Gasteiger charge is -2.53. The lowest BCUT2D eigenvalue weighted by Crippen LogP contribution is -2.56. The predicted molar refractivity (Wildman–Crippen MR) is 92.3 cm³/mol. The summed E-state index contributed by atoms with van der Waals surface area (Å²) in [7, 11) is 0. The van der Waals surface area contributed by atoms with E-state index < -0.39 is 5.91 Å². The smallest absolute Gasteiger partial charge is 0.254 e. The van der Waals surface area contributed by atoms with E-state index in [4.69, 9.17) is 10.5 Å². The Balaban J connectivity index is 1.44. The van der Waals surface area contributed by atoms with Crippen molar-refractivity contribution in [3.05, 3.63) is 11.8 Å². The van der Waals surface area contributed by atoms with Crippen molar-refractivity contribution in [2.45, 2.75) is 56.7 Å². The van der Waals surface area contributed by atoms with Crippen LogP contribution in [0.15, 0.2) is 6.20 Å². The Labute approximate surface area is 146 Å². The number of hydrogen-bond acceptors (Lipinski definition) is 7. The van der Waals surface area contributed by atoms with Gasteiger partial charge in [-0.05, 0) is 38.5 Å².